The first-order valence-corrected chi connectivity index (χ1v) is 9.92. The highest BCUT2D eigenvalue weighted by atomic mass is 16.6. The highest BCUT2D eigenvalue weighted by molar-refractivity contribution is 5.71. The summed E-state index contributed by atoms with van der Waals surface area (Å²) in [6.45, 7) is 7.71. The molecule has 138 valence electrons. The van der Waals surface area contributed by atoms with Gasteiger partial charge >= 0.3 is 6.09 Å². The molecule has 25 heavy (non-hydrogen) atoms. The van der Waals surface area contributed by atoms with E-state index in [1.165, 1.54) is 24.0 Å². The molecule has 1 unspecified atom stereocenters. The summed E-state index contributed by atoms with van der Waals surface area (Å²) in [5.74, 6) is 0.661. The first kappa shape index (κ1) is 18.2. The van der Waals surface area contributed by atoms with Crippen LogP contribution in [-0.4, -0.2) is 24.7 Å². The molecule has 1 saturated heterocycles. The number of ether oxygens (including phenoxy) is 1. The lowest BCUT2D eigenvalue weighted by molar-refractivity contribution is 0.194. The fourth-order valence-corrected chi connectivity index (χ4v) is 4.40. The third-order valence-electron chi connectivity index (χ3n) is 6.11. The Kier molecular flexibility index (Phi) is 5.67. The predicted molar refractivity (Wildman–Crippen MR) is 101 cm³/mol. The average Bonchev–Trinajstić information content (AvgIpc) is 3.08. The largest absolute Gasteiger partial charge is 0.412 e. The van der Waals surface area contributed by atoms with Crippen LogP contribution in [0, 0.1) is 0 Å². The molecule has 0 saturated carbocycles. The van der Waals surface area contributed by atoms with Crippen molar-refractivity contribution in [2.24, 2.45) is 0 Å². The Hall–Kier alpha value is -1.55. The summed E-state index contributed by atoms with van der Waals surface area (Å²) in [6, 6.07) is 6.87. The Labute approximate surface area is 151 Å². The highest BCUT2D eigenvalue weighted by Gasteiger charge is 2.46. The van der Waals surface area contributed by atoms with Gasteiger partial charge < -0.3 is 15.4 Å². The molecule has 1 aromatic carbocycles. The van der Waals surface area contributed by atoms with Crippen LogP contribution in [0.3, 0.4) is 0 Å². The molecule has 0 radical (unpaired) electrons. The monoisotopic (exact) mass is 344 g/mol. The van der Waals surface area contributed by atoms with Crippen molar-refractivity contribution in [2.45, 2.75) is 83.2 Å². The van der Waals surface area contributed by atoms with E-state index in [1.807, 2.05) is 6.07 Å². The Bertz CT molecular complexity index is 616. The summed E-state index contributed by atoms with van der Waals surface area (Å²) in [5.41, 5.74) is 2.92. The molecule has 3 atom stereocenters. The Balaban J connectivity index is 1.61. The number of unbranched alkanes of at least 4 members (excludes halogenated alkanes) is 2. The molecule has 0 spiro atoms. The molecule has 4 nitrogen and oxygen atoms in total. The van der Waals surface area contributed by atoms with E-state index in [4.69, 9.17) is 4.74 Å². The smallest absolute Gasteiger partial charge is 0.410 e. The molecule has 1 aliphatic carbocycles. The molecular formula is C21H32N2O2. The minimum Gasteiger partial charge on any atom is -0.410 e. The van der Waals surface area contributed by atoms with Gasteiger partial charge in [0.2, 0.25) is 0 Å². The van der Waals surface area contributed by atoms with Crippen molar-refractivity contribution in [3.05, 3.63) is 29.3 Å². The van der Waals surface area contributed by atoms with E-state index in [1.54, 1.807) is 0 Å². The molecule has 3 rings (SSSR count). The molecule has 1 heterocycles. The topological polar surface area (TPSA) is 50.4 Å². The Morgan fingerprint density at radius 1 is 1.40 bits per heavy atom. The van der Waals surface area contributed by atoms with Crippen molar-refractivity contribution in [2.75, 3.05) is 6.54 Å². The number of benzene rings is 1. The third kappa shape index (κ3) is 3.84. The van der Waals surface area contributed by atoms with Crippen LogP contribution >= 0.6 is 0 Å². The molecule has 0 bridgehead atoms. The number of carbonyl (C=O) groups excluding carboxylic acids is 1. The van der Waals surface area contributed by atoms with Crippen molar-refractivity contribution >= 4 is 6.09 Å². The van der Waals surface area contributed by atoms with Crippen LogP contribution in [0.5, 0.6) is 5.75 Å². The first-order valence-electron chi connectivity index (χ1n) is 9.92. The zero-order valence-corrected chi connectivity index (χ0v) is 15.9. The van der Waals surface area contributed by atoms with Crippen LogP contribution in [0.25, 0.3) is 0 Å². The molecule has 1 aliphatic heterocycles. The average molecular weight is 344 g/mol. The molecule has 2 aliphatic rings. The highest BCUT2D eigenvalue weighted by Crippen LogP contribution is 2.45. The van der Waals surface area contributed by atoms with Crippen molar-refractivity contribution in [3.63, 3.8) is 0 Å². The predicted octanol–water partition coefficient (Wildman–Crippen LogP) is 4.31. The molecule has 1 amide bonds. The van der Waals surface area contributed by atoms with E-state index in [2.05, 4.69) is 43.5 Å². The molecule has 0 aromatic heterocycles. The van der Waals surface area contributed by atoms with Gasteiger partial charge in [-0.05, 0) is 55.5 Å². The zero-order valence-electron chi connectivity index (χ0n) is 15.9. The summed E-state index contributed by atoms with van der Waals surface area (Å²) >= 11 is 0. The lowest BCUT2D eigenvalue weighted by atomic mass is 9.81. The van der Waals surface area contributed by atoms with Gasteiger partial charge in [0.05, 0.1) is 0 Å². The van der Waals surface area contributed by atoms with Gasteiger partial charge in [0.25, 0.3) is 0 Å². The number of hydrogen-bond donors (Lipinski definition) is 2. The fourth-order valence-electron chi connectivity index (χ4n) is 4.40. The summed E-state index contributed by atoms with van der Waals surface area (Å²) in [6.07, 6.45) is 7.43. The summed E-state index contributed by atoms with van der Waals surface area (Å²) < 4.78 is 5.60. The van der Waals surface area contributed by atoms with E-state index in [0.717, 1.165) is 38.6 Å². The van der Waals surface area contributed by atoms with E-state index in [9.17, 15) is 4.79 Å². The van der Waals surface area contributed by atoms with Crippen LogP contribution < -0.4 is 15.4 Å². The normalized spacial score (nSPS) is 25.3. The second kappa shape index (κ2) is 7.77. The number of hydrogen-bond acceptors (Lipinski definition) is 3. The minimum atomic E-state index is -0.326. The fraction of sp³-hybridized carbons (Fsp3) is 0.667. The van der Waals surface area contributed by atoms with Gasteiger partial charge in [-0.3, -0.25) is 0 Å². The first-order chi connectivity index (χ1) is 12.1. The number of amides is 1. The van der Waals surface area contributed by atoms with Crippen LogP contribution in [0.4, 0.5) is 4.79 Å². The van der Waals surface area contributed by atoms with Gasteiger partial charge in [0, 0.05) is 17.5 Å². The number of fused-ring (bicyclic) bond motifs is 3. The second-order valence-corrected chi connectivity index (χ2v) is 7.83. The minimum absolute atomic E-state index is 0.178. The standard InChI is InChI=1S/C21H32N2O2/c1-4-6-7-8-16(5-2)23-20(24)25-17-10-9-15-13-19-21(3,11-12-22-19)18(15)14-17/h9-10,14,16,19,22H,4-8,11-13H2,1-3H3,(H,23,24)/t16?,19-,21+/m0/s1. The van der Waals surface area contributed by atoms with Crippen LogP contribution in [-0.2, 0) is 11.8 Å². The second-order valence-electron chi connectivity index (χ2n) is 7.83. The van der Waals surface area contributed by atoms with Crippen LogP contribution in [0.1, 0.15) is 70.4 Å². The maximum atomic E-state index is 12.3. The van der Waals surface area contributed by atoms with Gasteiger partial charge in [-0.25, -0.2) is 4.79 Å². The van der Waals surface area contributed by atoms with Gasteiger partial charge in [-0.1, -0.05) is 46.1 Å². The Morgan fingerprint density at radius 2 is 2.24 bits per heavy atom. The quantitative estimate of drug-likeness (QED) is 0.725. The van der Waals surface area contributed by atoms with Crippen molar-refractivity contribution < 1.29 is 9.53 Å². The van der Waals surface area contributed by atoms with E-state index >= 15 is 0 Å². The Morgan fingerprint density at radius 3 is 3.00 bits per heavy atom. The van der Waals surface area contributed by atoms with Gasteiger partial charge in [0.15, 0.2) is 0 Å². The molecule has 1 fully saturated rings. The van der Waals surface area contributed by atoms with Crippen LogP contribution in [0.2, 0.25) is 0 Å². The number of nitrogens with one attached hydrogen (secondary N) is 2. The molecule has 1 aromatic rings. The lowest BCUT2D eigenvalue weighted by Gasteiger charge is -2.25. The van der Waals surface area contributed by atoms with Gasteiger partial charge in [-0.2, -0.15) is 0 Å². The van der Waals surface area contributed by atoms with E-state index < -0.39 is 0 Å². The summed E-state index contributed by atoms with van der Waals surface area (Å²) in [4.78, 5) is 12.3. The maximum Gasteiger partial charge on any atom is 0.412 e. The van der Waals surface area contributed by atoms with Gasteiger partial charge in [-0.15, -0.1) is 0 Å². The molecule has 2 N–H and O–H groups in total. The third-order valence-corrected chi connectivity index (χ3v) is 6.11. The van der Waals surface area contributed by atoms with Crippen molar-refractivity contribution in [3.8, 4) is 5.75 Å². The summed E-state index contributed by atoms with van der Waals surface area (Å²) in [5, 5.41) is 6.63. The van der Waals surface area contributed by atoms with E-state index in [0.29, 0.717) is 11.8 Å². The zero-order chi connectivity index (χ0) is 17.9. The molecule has 4 heteroatoms. The molecular weight excluding hydrogens is 312 g/mol. The van der Waals surface area contributed by atoms with Gasteiger partial charge in [0.1, 0.15) is 5.75 Å². The maximum absolute atomic E-state index is 12.3. The summed E-state index contributed by atoms with van der Waals surface area (Å²) in [7, 11) is 0. The SMILES string of the molecule is CCCCCC(CC)NC(=O)Oc1ccc2c(c1)[C@@]1(C)CCN[C@H]1C2. The number of carbonyl (C=O) groups is 1. The van der Waals surface area contributed by atoms with Crippen LogP contribution in [0.15, 0.2) is 18.2 Å². The van der Waals surface area contributed by atoms with Crippen molar-refractivity contribution in [1.29, 1.82) is 0 Å². The number of rotatable bonds is 7. The van der Waals surface area contributed by atoms with E-state index in [-0.39, 0.29) is 17.6 Å². The van der Waals surface area contributed by atoms with Crippen molar-refractivity contribution in [1.82, 2.24) is 10.6 Å². The lowest BCUT2D eigenvalue weighted by Crippen LogP contribution is -2.36.